The minimum absolute atomic E-state index is 0.0166. The summed E-state index contributed by atoms with van der Waals surface area (Å²) in [5, 5.41) is 13.1. The van der Waals surface area contributed by atoms with E-state index in [-0.39, 0.29) is 30.1 Å². The van der Waals surface area contributed by atoms with Crippen LogP contribution in [0.15, 0.2) is 64.9 Å². The second-order valence-electron chi connectivity index (χ2n) is 13.0. The van der Waals surface area contributed by atoms with Crippen molar-refractivity contribution in [3.8, 4) is 0 Å². The summed E-state index contributed by atoms with van der Waals surface area (Å²) < 4.78 is 1.78. The first kappa shape index (κ1) is 32.8. The molecule has 0 unspecified atom stereocenters. The maximum atomic E-state index is 13.9. The topological polar surface area (TPSA) is 175 Å². The van der Waals surface area contributed by atoms with Crippen LogP contribution in [-0.4, -0.2) is 101 Å². The Bertz CT molecular complexity index is 1810. The first-order chi connectivity index (χ1) is 23.1. The van der Waals surface area contributed by atoms with Crippen LogP contribution in [0.5, 0.6) is 0 Å². The van der Waals surface area contributed by atoms with Crippen LogP contribution in [0.4, 0.5) is 11.5 Å². The largest absolute Gasteiger partial charge is 0.397 e. The highest BCUT2D eigenvalue weighted by Crippen LogP contribution is 2.42. The lowest BCUT2D eigenvalue weighted by molar-refractivity contribution is -0.132. The molecule has 2 aromatic heterocycles. The molecule has 13 nitrogen and oxygen atoms in total. The highest BCUT2D eigenvalue weighted by Gasteiger charge is 2.51. The van der Waals surface area contributed by atoms with E-state index in [0.29, 0.717) is 74.2 Å². The van der Waals surface area contributed by atoms with Crippen molar-refractivity contribution >= 4 is 46.8 Å². The number of rotatable bonds is 9. The van der Waals surface area contributed by atoms with Crippen molar-refractivity contribution < 1.29 is 9.59 Å². The monoisotopic (exact) mass is 649 g/mol. The van der Waals surface area contributed by atoms with Gasteiger partial charge in [-0.25, -0.2) is 9.98 Å². The van der Waals surface area contributed by atoms with Crippen molar-refractivity contribution in [1.29, 1.82) is 5.41 Å². The van der Waals surface area contributed by atoms with Crippen LogP contribution in [0.2, 0.25) is 0 Å². The molecule has 250 valence electrons. The standard InChI is InChI=1S/C35H43N11O2/c1-23(2)46-19-27(18-41-46)31(37)32-28(36)8-9-29(42-32)45-17-13-35(34(45)48)12-16-43(21-35)20-30(47)44-14-10-25(11-15-44)24-4-6-26(7-5-24)33(38)40-22-39-3/h4-10,18-19,22-23,37H,11-17,20-21,36H2,1-3H3,(H2,38,39,40)/t35-/m0/s1. The van der Waals surface area contributed by atoms with Gasteiger partial charge in [0.15, 0.2) is 0 Å². The van der Waals surface area contributed by atoms with E-state index in [0.717, 1.165) is 17.5 Å². The second kappa shape index (κ2) is 13.5. The molecule has 48 heavy (non-hydrogen) atoms. The molecule has 1 aromatic carbocycles. The molecule has 1 atom stereocenters. The molecule has 13 heteroatoms. The second-order valence-corrected chi connectivity index (χ2v) is 13.0. The highest BCUT2D eigenvalue weighted by atomic mass is 16.2. The summed E-state index contributed by atoms with van der Waals surface area (Å²) in [6.45, 7) is 7.28. The number of amidine groups is 1. The van der Waals surface area contributed by atoms with Gasteiger partial charge >= 0.3 is 0 Å². The van der Waals surface area contributed by atoms with Gasteiger partial charge < -0.3 is 16.4 Å². The molecule has 3 aliphatic heterocycles. The summed E-state index contributed by atoms with van der Waals surface area (Å²) >= 11 is 0. The molecule has 1 spiro atoms. The molecule has 6 rings (SSSR count). The molecule has 0 saturated carbocycles. The van der Waals surface area contributed by atoms with E-state index in [1.54, 1.807) is 35.0 Å². The lowest BCUT2D eigenvalue weighted by atomic mass is 9.85. The summed E-state index contributed by atoms with van der Waals surface area (Å²) in [7, 11) is 1.65. The summed E-state index contributed by atoms with van der Waals surface area (Å²) in [6.07, 6.45) is 9.14. The summed E-state index contributed by atoms with van der Waals surface area (Å²) in [6, 6.07) is 11.6. The van der Waals surface area contributed by atoms with Gasteiger partial charge in [0, 0.05) is 56.6 Å². The fourth-order valence-corrected chi connectivity index (χ4v) is 6.71. The van der Waals surface area contributed by atoms with Crippen LogP contribution >= 0.6 is 0 Å². The minimum atomic E-state index is -0.548. The number of nitrogens with two attached hydrogens (primary N) is 2. The molecule has 0 bridgehead atoms. The number of carbonyl (C=O) groups is 2. The average molecular weight is 650 g/mol. The van der Waals surface area contributed by atoms with Crippen molar-refractivity contribution in [2.75, 3.05) is 56.9 Å². The number of aliphatic imine (C=N–C) groups is 2. The molecule has 2 saturated heterocycles. The third-order valence-corrected chi connectivity index (χ3v) is 9.57. The molecular formula is C35H43N11O2. The number of amides is 2. The van der Waals surface area contributed by atoms with Gasteiger partial charge in [-0.2, -0.15) is 5.10 Å². The van der Waals surface area contributed by atoms with Gasteiger partial charge in [-0.05, 0) is 62.9 Å². The molecule has 2 amide bonds. The first-order valence-electron chi connectivity index (χ1n) is 16.3. The molecular weight excluding hydrogens is 606 g/mol. The number of nitrogens with one attached hydrogen (secondary N) is 1. The van der Waals surface area contributed by atoms with Gasteiger partial charge in [0.05, 0.1) is 29.6 Å². The first-order valence-corrected chi connectivity index (χ1v) is 16.3. The normalized spacial score (nSPS) is 20.5. The van der Waals surface area contributed by atoms with E-state index in [9.17, 15) is 9.59 Å². The van der Waals surface area contributed by atoms with E-state index < -0.39 is 5.41 Å². The Morgan fingerprint density at radius 3 is 2.56 bits per heavy atom. The van der Waals surface area contributed by atoms with Gasteiger partial charge in [0.1, 0.15) is 23.7 Å². The Hall–Kier alpha value is -5.17. The van der Waals surface area contributed by atoms with Crippen LogP contribution in [0.1, 0.15) is 61.5 Å². The Morgan fingerprint density at radius 1 is 1.10 bits per heavy atom. The average Bonchev–Trinajstić information content (AvgIpc) is 3.83. The van der Waals surface area contributed by atoms with Crippen LogP contribution in [0.3, 0.4) is 0 Å². The number of pyridine rings is 1. The predicted octanol–water partition coefficient (Wildman–Crippen LogP) is 2.97. The Balaban J connectivity index is 1.05. The quantitative estimate of drug-likeness (QED) is 0.236. The van der Waals surface area contributed by atoms with Gasteiger partial charge in [-0.15, -0.1) is 0 Å². The highest BCUT2D eigenvalue weighted by molar-refractivity contribution is 6.12. The number of carbonyl (C=O) groups excluding carboxylic acids is 2. The lowest BCUT2D eigenvalue weighted by Gasteiger charge is -2.29. The van der Waals surface area contributed by atoms with E-state index >= 15 is 0 Å². The fourth-order valence-electron chi connectivity index (χ4n) is 6.71. The summed E-state index contributed by atoms with van der Waals surface area (Å²) in [4.78, 5) is 45.6. The molecule has 5 N–H and O–H groups in total. The fraction of sp³-hybridized carbons (Fsp3) is 0.400. The van der Waals surface area contributed by atoms with Crippen LogP contribution in [0, 0.1) is 10.8 Å². The zero-order chi connectivity index (χ0) is 34.0. The van der Waals surface area contributed by atoms with Crippen LogP contribution in [0.25, 0.3) is 5.57 Å². The summed E-state index contributed by atoms with van der Waals surface area (Å²) in [5.41, 5.74) is 16.3. The van der Waals surface area contributed by atoms with Crippen molar-refractivity contribution in [2.24, 2.45) is 21.1 Å². The number of hydrogen-bond donors (Lipinski definition) is 3. The SMILES string of the molecule is CN=CN=C(N)c1ccc(C2=CCN(C(=O)CN3CC[C@]4(CCN(c5ccc(N)c(C(=N)c6cnn(C(C)C)c6)n5)C4=O)C3)CC2)cc1. The Morgan fingerprint density at radius 2 is 1.88 bits per heavy atom. The van der Waals surface area contributed by atoms with Crippen molar-refractivity contribution in [1.82, 2.24) is 24.6 Å². The number of aromatic nitrogens is 3. The number of benzene rings is 1. The molecule has 2 fully saturated rings. The van der Waals surface area contributed by atoms with E-state index in [4.69, 9.17) is 21.9 Å². The maximum Gasteiger partial charge on any atom is 0.237 e. The van der Waals surface area contributed by atoms with Crippen molar-refractivity contribution in [3.63, 3.8) is 0 Å². The lowest BCUT2D eigenvalue weighted by Crippen LogP contribution is -2.43. The third-order valence-electron chi connectivity index (χ3n) is 9.57. The van der Waals surface area contributed by atoms with Crippen LogP contribution in [-0.2, 0) is 9.59 Å². The third kappa shape index (κ3) is 6.50. The molecule has 3 aromatic rings. The van der Waals surface area contributed by atoms with Gasteiger partial charge in [-0.3, -0.25) is 34.5 Å². The zero-order valence-electron chi connectivity index (χ0n) is 27.8. The number of hydrogen-bond acceptors (Lipinski definition) is 8. The summed E-state index contributed by atoms with van der Waals surface area (Å²) in [5.74, 6) is 0.995. The van der Waals surface area contributed by atoms with Gasteiger partial charge in [0.2, 0.25) is 11.8 Å². The Kier molecular flexibility index (Phi) is 9.22. The molecule has 5 heterocycles. The van der Waals surface area contributed by atoms with E-state index in [1.807, 2.05) is 49.2 Å². The number of anilines is 2. The van der Waals surface area contributed by atoms with Gasteiger partial charge in [0.25, 0.3) is 0 Å². The number of likely N-dealkylation sites (tertiary alicyclic amines) is 1. The number of nitrogens with zero attached hydrogens (tertiary/aromatic N) is 8. The predicted molar refractivity (Wildman–Crippen MR) is 188 cm³/mol. The maximum absolute atomic E-state index is 13.9. The van der Waals surface area contributed by atoms with Crippen molar-refractivity contribution in [2.45, 2.75) is 39.2 Å². The Labute approximate surface area is 280 Å². The smallest absolute Gasteiger partial charge is 0.237 e. The van der Waals surface area contributed by atoms with E-state index in [1.165, 1.54) is 11.9 Å². The van der Waals surface area contributed by atoms with Gasteiger partial charge in [-0.1, -0.05) is 30.3 Å². The zero-order valence-corrected chi connectivity index (χ0v) is 27.8. The van der Waals surface area contributed by atoms with Crippen molar-refractivity contribution in [3.05, 3.63) is 77.3 Å². The van der Waals surface area contributed by atoms with Crippen LogP contribution < -0.4 is 16.4 Å². The van der Waals surface area contributed by atoms with E-state index in [2.05, 4.69) is 26.1 Å². The molecule has 0 aliphatic carbocycles. The number of nitrogen functional groups attached to an aromatic ring is 1. The molecule has 3 aliphatic rings. The minimum Gasteiger partial charge on any atom is -0.397 e. The molecule has 0 radical (unpaired) electrons.